The van der Waals surface area contributed by atoms with E-state index in [-0.39, 0.29) is 11.5 Å². The predicted octanol–water partition coefficient (Wildman–Crippen LogP) is 2.41. The van der Waals surface area contributed by atoms with Gasteiger partial charge in [0.25, 0.3) is 5.56 Å². The average Bonchev–Trinajstić information content (AvgIpc) is 3.34. The monoisotopic (exact) mass is 410 g/mol. The van der Waals surface area contributed by atoms with Crippen molar-refractivity contribution in [1.29, 1.82) is 0 Å². The number of nitrogens with zero attached hydrogens (tertiary/aromatic N) is 3. The van der Waals surface area contributed by atoms with E-state index >= 15 is 0 Å². The lowest BCUT2D eigenvalue weighted by Crippen LogP contribution is -2.23. The van der Waals surface area contributed by atoms with Crippen LogP contribution in [-0.4, -0.2) is 40.0 Å². The fourth-order valence-corrected chi connectivity index (χ4v) is 3.44. The number of H-pyrrole nitrogens is 1. The number of rotatable bonds is 5. The summed E-state index contributed by atoms with van der Waals surface area (Å²) in [7, 11) is 3.06. The van der Waals surface area contributed by atoms with Gasteiger partial charge in [-0.1, -0.05) is 0 Å². The molecule has 0 spiro atoms. The van der Waals surface area contributed by atoms with Gasteiger partial charge in [-0.15, -0.1) is 0 Å². The lowest BCUT2D eigenvalue weighted by atomic mass is 10.3. The van der Waals surface area contributed by atoms with Crippen molar-refractivity contribution in [3.63, 3.8) is 0 Å². The number of anilines is 2. The minimum Gasteiger partial charge on any atom is -0.497 e. The van der Waals surface area contributed by atoms with Crippen LogP contribution in [0.25, 0.3) is 5.95 Å². The molecule has 4 rings (SSSR count). The Morgan fingerprint density at radius 1 is 1.10 bits per heavy atom. The summed E-state index contributed by atoms with van der Waals surface area (Å²) in [6.45, 7) is 1.79. The van der Waals surface area contributed by atoms with Gasteiger partial charge in [0.15, 0.2) is 0 Å². The van der Waals surface area contributed by atoms with E-state index in [0.717, 1.165) is 30.5 Å². The molecule has 10 heteroatoms. The fourth-order valence-electron chi connectivity index (χ4n) is 3.44. The molecule has 156 valence electrons. The minimum absolute atomic E-state index is 0.167. The zero-order valence-corrected chi connectivity index (χ0v) is 16.9. The van der Waals surface area contributed by atoms with E-state index in [0.29, 0.717) is 28.7 Å². The van der Waals surface area contributed by atoms with E-state index in [4.69, 9.17) is 9.47 Å². The largest absolute Gasteiger partial charge is 0.497 e. The van der Waals surface area contributed by atoms with Crippen molar-refractivity contribution in [3.05, 3.63) is 51.6 Å². The van der Waals surface area contributed by atoms with E-state index in [2.05, 4.69) is 25.7 Å². The average molecular weight is 410 g/mol. The molecule has 0 fully saturated rings. The van der Waals surface area contributed by atoms with Gasteiger partial charge in [0.05, 0.1) is 25.6 Å². The quantitative estimate of drug-likeness (QED) is 0.594. The predicted molar refractivity (Wildman–Crippen MR) is 111 cm³/mol. The number of carbonyl (C=O) groups excluding carboxylic acids is 1. The Morgan fingerprint density at radius 2 is 1.83 bits per heavy atom. The number of amides is 2. The van der Waals surface area contributed by atoms with Crippen molar-refractivity contribution >= 4 is 17.5 Å². The number of hydrogen-bond acceptors (Lipinski definition) is 6. The fraction of sp³-hybridized carbons (Fsp3) is 0.300. The first-order valence-electron chi connectivity index (χ1n) is 9.47. The number of fused-ring (bicyclic) bond motifs is 1. The van der Waals surface area contributed by atoms with Gasteiger partial charge in [-0.2, -0.15) is 9.78 Å². The van der Waals surface area contributed by atoms with Gasteiger partial charge in [-0.25, -0.2) is 9.78 Å². The number of urea groups is 1. The number of aromatic nitrogens is 4. The second-order valence-electron chi connectivity index (χ2n) is 6.93. The molecule has 30 heavy (non-hydrogen) atoms. The van der Waals surface area contributed by atoms with Gasteiger partial charge in [0, 0.05) is 35.5 Å². The van der Waals surface area contributed by atoms with Crippen LogP contribution < -0.4 is 25.7 Å². The Balaban J connectivity index is 1.59. The number of aromatic amines is 1. The summed E-state index contributed by atoms with van der Waals surface area (Å²) in [6.07, 6.45) is 2.39. The number of ether oxygens (including phenoxy) is 2. The molecular formula is C20H22N6O4. The Bertz CT molecular complexity index is 1140. The zero-order chi connectivity index (χ0) is 21.3. The van der Waals surface area contributed by atoms with E-state index in [9.17, 15) is 9.59 Å². The highest BCUT2D eigenvalue weighted by Gasteiger charge is 2.20. The maximum atomic E-state index is 12.6. The highest BCUT2D eigenvalue weighted by Crippen LogP contribution is 2.26. The van der Waals surface area contributed by atoms with Crippen LogP contribution in [0.3, 0.4) is 0 Å². The Labute approximate surface area is 172 Å². The zero-order valence-electron chi connectivity index (χ0n) is 16.9. The van der Waals surface area contributed by atoms with Crippen molar-refractivity contribution in [2.45, 2.75) is 26.2 Å². The molecule has 0 radical (unpaired) electrons. The SMILES string of the molecule is COc1cc(NC(=O)Nc2cc(C)nn2-c2nc3c(c(=O)[nH]2)CCC3)cc(OC)c1. The van der Waals surface area contributed by atoms with Crippen LogP contribution in [-0.2, 0) is 12.8 Å². The molecule has 3 aromatic rings. The Kier molecular flexibility index (Phi) is 5.13. The summed E-state index contributed by atoms with van der Waals surface area (Å²) >= 11 is 0. The van der Waals surface area contributed by atoms with Crippen LogP contribution in [0.5, 0.6) is 11.5 Å². The molecular weight excluding hydrogens is 388 g/mol. The molecule has 0 saturated heterocycles. The lowest BCUT2D eigenvalue weighted by molar-refractivity contribution is 0.262. The number of benzene rings is 1. The molecule has 2 amide bonds. The summed E-state index contributed by atoms with van der Waals surface area (Å²) in [5, 5.41) is 9.85. The lowest BCUT2D eigenvalue weighted by Gasteiger charge is -2.12. The summed E-state index contributed by atoms with van der Waals surface area (Å²) in [6, 6.07) is 6.25. The van der Waals surface area contributed by atoms with E-state index < -0.39 is 6.03 Å². The van der Waals surface area contributed by atoms with Crippen LogP contribution in [0.4, 0.5) is 16.3 Å². The molecule has 2 aromatic heterocycles. The van der Waals surface area contributed by atoms with E-state index in [1.54, 1.807) is 31.2 Å². The number of carbonyl (C=O) groups is 1. The summed E-state index contributed by atoms with van der Waals surface area (Å²) in [5.41, 5.74) is 2.49. The van der Waals surface area contributed by atoms with Gasteiger partial charge < -0.3 is 14.8 Å². The first-order valence-corrected chi connectivity index (χ1v) is 9.47. The third kappa shape index (κ3) is 3.84. The molecule has 10 nitrogen and oxygen atoms in total. The van der Waals surface area contributed by atoms with E-state index in [1.807, 2.05) is 0 Å². The Morgan fingerprint density at radius 3 is 2.53 bits per heavy atom. The van der Waals surface area contributed by atoms with Crippen molar-refractivity contribution < 1.29 is 14.3 Å². The highest BCUT2D eigenvalue weighted by atomic mass is 16.5. The standard InChI is InChI=1S/C20H22N6O4/c1-11-7-17(23-20(28)21-12-8-13(29-2)10-14(9-12)30-3)26(25-11)19-22-16-6-4-5-15(16)18(27)24-19/h7-10H,4-6H2,1-3H3,(H2,21,23,28)(H,22,24,27). The van der Waals surface area contributed by atoms with Crippen molar-refractivity contribution in [1.82, 2.24) is 19.7 Å². The minimum atomic E-state index is -0.491. The second-order valence-corrected chi connectivity index (χ2v) is 6.93. The second kappa shape index (κ2) is 7.90. The third-order valence-corrected chi connectivity index (χ3v) is 4.81. The molecule has 1 aliphatic carbocycles. The number of hydrogen-bond donors (Lipinski definition) is 3. The normalized spacial score (nSPS) is 12.4. The van der Waals surface area contributed by atoms with Crippen molar-refractivity contribution in [2.24, 2.45) is 0 Å². The third-order valence-electron chi connectivity index (χ3n) is 4.81. The molecule has 0 aliphatic heterocycles. The molecule has 0 bridgehead atoms. The Hall–Kier alpha value is -3.82. The maximum Gasteiger partial charge on any atom is 0.324 e. The van der Waals surface area contributed by atoms with Crippen molar-refractivity contribution in [3.8, 4) is 17.4 Å². The van der Waals surface area contributed by atoms with Gasteiger partial charge in [-0.05, 0) is 26.2 Å². The summed E-state index contributed by atoms with van der Waals surface area (Å²) in [4.78, 5) is 32.2. The smallest absolute Gasteiger partial charge is 0.324 e. The molecule has 0 unspecified atom stereocenters. The first kappa shape index (κ1) is 19.5. The van der Waals surface area contributed by atoms with E-state index in [1.165, 1.54) is 18.9 Å². The van der Waals surface area contributed by atoms with Crippen LogP contribution >= 0.6 is 0 Å². The summed E-state index contributed by atoms with van der Waals surface area (Å²) < 4.78 is 11.9. The maximum absolute atomic E-state index is 12.6. The van der Waals surface area contributed by atoms with Crippen LogP contribution in [0.1, 0.15) is 23.4 Å². The van der Waals surface area contributed by atoms with Crippen LogP contribution in [0.15, 0.2) is 29.1 Å². The number of methoxy groups -OCH3 is 2. The van der Waals surface area contributed by atoms with Gasteiger partial charge >= 0.3 is 6.03 Å². The topological polar surface area (TPSA) is 123 Å². The van der Waals surface area contributed by atoms with Gasteiger partial charge in [-0.3, -0.25) is 15.1 Å². The molecule has 1 aromatic carbocycles. The molecule has 0 atom stereocenters. The highest BCUT2D eigenvalue weighted by molar-refractivity contribution is 5.99. The summed E-state index contributed by atoms with van der Waals surface area (Å²) in [5.74, 6) is 1.74. The number of nitrogens with one attached hydrogen (secondary N) is 3. The van der Waals surface area contributed by atoms with Gasteiger partial charge in [0.2, 0.25) is 5.95 Å². The molecule has 2 heterocycles. The molecule has 0 saturated carbocycles. The van der Waals surface area contributed by atoms with Crippen LogP contribution in [0.2, 0.25) is 0 Å². The van der Waals surface area contributed by atoms with Crippen LogP contribution in [0, 0.1) is 6.92 Å². The number of aryl methyl sites for hydroxylation is 2. The first-order chi connectivity index (χ1) is 14.5. The molecule has 3 N–H and O–H groups in total. The van der Waals surface area contributed by atoms with Gasteiger partial charge in [0.1, 0.15) is 17.3 Å². The molecule has 1 aliphatic rings. The van der Waals surface area contributed by atoms with Crippen molar-refractivity contribution in [2.75, 3.05) is 24.9 Å².